The molecule has 110 valence electrons. The number of ether oxygens (including phenoxy) is 2. The highest BCUT2D eigenvalue weighted by atomic mass is 16.6. The highest BCUT2D eigenvalue weighted by Gasteiger charge is 2.23. The van der Waals surface area contributed by atoms with Crippen molar-refractivity contribution in [3.05, 3.63) is 39.6 Å². The second-order valence-corrected chi connectivity index (χ2v) is 4.64. The first kappa shape index (κ1) is 13.4. The molecule has 8 nitrogen and oxygen atoms in total. The number of nitro benzene ring substituents is 1. The molecule has 0 saturated heterocycles. The van der Waals surface area contributed by atoms with Gasteiger partial charge in [-0.15, -0.1) is 5.10 Å². The highest BCUT2D eigenvalue weighted by molar-refractivity contribution is 5.56. The lowest BCUT2D eigenvalue weighted by Crippen LogP contribution is -2.13. The van der Waals surface area contributed by atoms with Gasteiger partial charge in [-0.25, -0.2) is 4.68 Å². The number of fused-ring (bicyclic) bond motifs is 1. The van der Waals surface area contributed by atoms with Gasteiger partial charge in [0.05, 0.1) is 30.9 Å². The third kappa shape index (κ3) is 2.19. The standard InChI is InChI=1S/C13H14N4O4/c1-20-12-3-2-8(17(18)19)6-11(12)16-10-4-5-21-7-9(10)13(14)15-16/h2-3,6H,4-5,7H2,1H3,(H2,14,15). The summed E-state index contributed by atoms with van der Waals surface area (Å²) in [6, 6.07) is 4.38. The van der Waals surface area contributed by atoms with Crippen molar-refractivity contribution in [3.63, 3.8) is 0 Å². The molecule has 1 aromatic carbocycles. The predicted octanol–water partition coefficient (Wildman–Crippen LogP) is 1.44. The maximum absolute atomic E-state index is 11.0. The number of nitro groups is 1. The summed E-state index contributed by atoms with van der Waals surface area (Å²) in [5, 5.41) is 15.3. The van der Waals surface area contributed by atoms with E-state index in [4.69, 9.17) is 15.2 Å². The van der Waals surface area contributed by atoms with Crippen molar-refractivity contribution in [1.29, 1.82) is 0 Å². The van der Waals surface area contributed by atoms with Gasteiger partial charge in [-0.2, -0.15) is 0 Å². The second kappa shape index (κ2) is 5.06. The maximum atomic E-state index is 11.0. The van der Waals surface area contributed by atoms with Crippen LogP contribution in [0.25, 0.3) is 5.69 Å². The molecule has 2 heterocycles. The Morgan fingerprint density at radius 2 is 2.33 bits per heavy atom. The van der Waals surface area contributed by atoms with Gasteiger partial charge >= 0.3 is 0 Å². The fourth-order valence-electron chi connectivity index (χ4n) is 2.42. The summed E-state index contributed by atoms with van der Waals surface area (Å²) in [6.07, 6.45) is 0.644. The van der Waals surface area contributed by atoms with Crippen molar-refractivity contribution in [2.75, 3.05) is 19.5 Å². The first-order chi connectivity index (χ1) is 10.1. The molecule has 0 saturated carbocycles. The summed E-state index contributed by atoms with van der Waals surface area (Å²) in [7, 11) is 1.51. The fraction of sp³-hybridized carbons (Fsp3) is 0.308. The summed E-state index contributed by atoms with van der Waals surface area (Å²) in [5.41, 5.74) is 8.11. The summed E-state index contributed by atoms with van der Waals surface area (Å²) in [6.45, 7) is 0.966. The van der Waals surface area contributed by atoms with Crippen molar-refractivity contribution in [2.24, 2.45) is 0 Å². The number of nitrogen functional groups attached to an aromatic ring is 1. The zero-order valence-electron chi connectivity index (χ0n) is 11.4. The van der Waals surface area contributed by atoms with Gasteiger partial charge in [0.1, 0.15) is 11.4 Å². The molecule has 21 heavy (non-hydrogen) atoms. The van der Waals surface area contributed by atoms with Gasteiger partial charge in [-0.3, -0.25) is 10.1 Å². The van der Waals surface area contributed by atoms with Crippen LogP contribution in [0, 0.1) is 10.1 Å². The van der Waals surface area contributed by atoms with Gasteiger partial charge < -0.3 is 15.2 Å². The lowest BCUT2D eigenvalue weighted by molar-refractivity contribution is -0.384. The minimum absolute atomic E-state index is 0.0271. The van der Waals surface area contributed by atoms with E-state index in [0.29, 0.717) is 36.9 Å². The molecule has 0 spiro atoms. The Balaban J connectivity index is 2.20. The quantitative estimate of drug-likeness (QED) is 0.677. The SMILES string of the molecule is COc1ccc([N+](=O)[O-])cc1-n1nc(N)c2c1CCOC2. The molecule has 1 aliphatic rings. The zero-order chi connectivity index (χ0) is 15.0. The number of benzene rings is 1. The average molecular weight is 290 g/mol. The number of nitrogens with two attached hydrogens (primary N) is 1. The Hall–Kier alpha value is -2.61. The minimum Gasteiger partial charge on any atom is -0.494 e. The predicted molar refractivity (Wildman–Crippen MR) is 74.5 cm³/mol. The Kier molecular flexibility index (Phi) is 3.22. The van der Waals surface area contributed by atoms with E-state index < -0.39 is 4.92 Å². The minimum atomic E-state index is -0.453. The van der Waals surface area contributed by atoms with Crippen LogP contribution in [-0.4, -0.2) is 28.4 Å². The molecule has 0 atom stereocenters. The number of rotatable bonds is 3. The van der Waals surface area contributed by atoms with Crippen LogP contribution in [0.15, 0.2) is 18.2 Å². The van der Waals surface area contributed by atoms with E-state index in [0.717, 1.165) is 11.3 Å². The molecule has 0 amide bonds. The van der Waals surface area contributed by atoms with Crippen LogP contribution in [0.5, 0.6) is 5.75 Å². The molecular weight excluding hydrogens is 276 g/mol. The van der Waals surface area contributed by atoms with Crippen molar-refractivity contribution in [1.82, 2.24) is 9.78 Å². The maximum Gasteiger partial charge on any atom is 0.271 e. The van der Waals surface area contributed by atoms with Crippen molar-refractivity contribution in [3.8, 4) is 11.4 Å². The molecule has 3 rings (SSSR count). The smallest absolute Gasteiger partial charge is 0.271 e. The largest absolute Gasteiger partial charge is 0.494 e. The molecule has 0 bridgehead atoms. The second-order valence-electron chi connectivity index (χ2n) is 4.64. The van der Waals surface area contributed by atoms with E-state index in [9.17, 15) is 10.1 Å². The van der Waals surface area contributed by atoms with Gasteiger partial charge in [-0.05, 0) is 6.07 Å². The number of anilines is 1. The van der Waals surface area contributed by atoms with Gasteiger partial charge in [0.25, 0.3) is 5.69 Å². The highest BCUT2D eigenvalue weighted by Crippen LogP contribution is 2.32. The fourth-order valence-corrected chi connectivity index (χ4v) is 2.42. The van der Waals surface area contributed by atoms with E-state index >= 15 is 0 Å². The van der Waals surface area contributed by atoms with Crippen LogP contribution < -0.4 is 10.5 Å². The number of methoxy groups -OCH3 is 1. The van der Waals surface area contributed by atoms with Crippen LogP contribution in [0.3, 0.4) is 0 Å². The Labute approximate surface area is 120 Å². The lowest BCUT2D eigenvalue weighted by atomic mass is 10.1. The van der Waals surface area contributed by atoms with Crippen molar-refractivity contribution >= 4 is 11.5 Å². The summed E-state index contributed by atoms with van der Waals surface area (Å²) >= 11 is 0. The van der Waals surface area contributed by atoms with Crippen LogP contribution in [0.1, 0.15) is 11.3 Å². The first-order valence-electron chi connectivity index (χ1n) is 6.38. The van der Waals surface area contributed by atoms with Crippen LogP contribution in [0.2, 0.25) is 0 Å². The van der Waals surface area contributed by atoms with Gasteiger partial charge in [0.2, 0.25) is 0 Å². The summed E-state index contributed by atoms with van der Waals surface area (Å²) in [5.74, 6) is 0.871. The number of nitrogens with zero attached hydrogens (tertiary/aromatic N) is 3. The first-order valence-corrected chi connectivity index (χ1v) is 6.38. The van der Waals surface area contributed by atoms with E-state index in [2.05, 4.69) is 5.10 Å². The van der Waals surface area contributed by atoms with Crippen molar-refractivity contribution < 1.29 is 14.4 Å². The number of hydrogen-bond donors (Lipinski definition) is 1. The molecule has 8 heteroatoms. The molecule has 0 aliphatic carbocycles. The van der Waals surface area contributed by atoms with E-state index in [1.54, 1.807) is 10.7 Å². The van der Waals surface area contributed by atoms with Crippen LogP contribution >= 0.6 is 0 Å². The summed E-state index contributed by atoms with van der Waals surface area (Å²) < 4.78 is 12.3. The van der Waals surface area contributed by atoms with Gasteiger partial charge in [0, 0.05) is 24.1 Å². The Morgan fingerprint density at radius 3 is 3.05 bits per heavy atom. The van der Waals surface area contributed by atoms with Gasteiger partial charge in [-0.1, -0.05) is 0 Å². The zero-order valence-corrected chi connectivity index (χ0v) is 11.4. The average Bonchev–Trinajstić information content (AvgIpc) is 2.84. The lowest BCUT2D eigenvalue weighted by Gasteiger charge is -2.16. The van der Waals surface area contributed by atoms with E-state index in [1.807, 2.05) is 0 Å². The van der Waals surface area contributed by atoms with Crippen molar-refractivity contribution in [2.45, 2.75) is 13.0 Å². The monoisotopic (exact) mass is 290 g/mol. The molecule has 1 aliphatic heterocycles. The number of non-ortho nitro benzene ring substituents is 1. The van der Waals surface area contributed by atoms with Crippen LogP contribution in [0.4, 0.5) is 11.5 Å². The Morgan fingerprint density at radius 1 is 1.52 bits per heavy atom. The molecule has 1 aromatic heterocycles. The van der Waals surface area contributed by atoms with E-state index in [1.165, 1.54) is 19.2 Å². The topological polar surface area (TPSA) is 105 Å². The molecule has 0 fully saturated rings. The van der Waals surface area contributed by atoms with Crippen LogP contribution in [-0.2, 0) is 17.8 Å². The normalized spacial score (nSPS) is 13.8. The molecule has 2 N–H and O–H groups in total. The molecule has 0 radical (unpaired) electrons. The third-order valence-corrected chi connectivity index (χ3v) is 3.45. The summed E-state index contributed by atoms with van der Waals surface area (Å²) in [4.78, 5) is 10.5. The van der Waals surface area contributed by atoms with Gasteiger partial charge in [0.15, 0.2) is 5.82 Å². The van der Waals surface area contributed by atoms with E-state index in [-0.39, 0.29) is 5.69 Å². The number of aromatic nitrogens is 2. The third-order valence-electron chi connectivity index (χ3n) is 3.45. The Bertz CT molecular complexity index is 710. The molecular formula is C13H14N4O4. The molecule has 2 aromatic rings. The number of hydrogen-bond acceptors (Lipinski definition) is 6. The molecule has 0 unspecified atom stereocenters.